The molecule has 1 aliphatic rings. The highest BCUT2D eigenvalue weighted by molar-refractivity contribution is 5.63. The molecule has 1 aromatic heterocycles. The average molecular weight is 337 g/mol. The van der Waals surface area contributed by atoms with Crippen molar-refractivity contribution >= 4 is 0 Å². The summed E-state index contributed by atoms with van der Waals surface area (Å²) in [6.45, 7) is 13.8. The summed E-state index contributed by atoms with van der Waals surface area (Å²) < 4.78 is 2.34. The van der Waals surface area contributed by atoms with Crippen molar-refractivity contribution in [1.82, 2.24) is 0 Å². The molecule has 25 heavy (non-hydrogen) atoms. The fourth-order valence-corrected chi connectivity index (χ4v) is 4.49. The third-order valence-corrected chi connectivity index (χ3v) is 6.21. The SMILES string of the molecule is Cc1cc(C(C)(C)C)ccc1-c1cc(C)c(C2(C)CCCC2)c[n+]1C. The van der Waals surface area contributed by atoms with E-state index in [1.807, 2.05) is 0 Å². The van der Waals surface area contributed by atoms with Gasteiger partial charge < -0.3 is 0 Å². The zero-order valence-electron chi connectivity index (χ0n) is 17.2. The molecule has 0 aliphatic heterocycles. The second kappa shape index (κ2) is 6.27. The van der Waals surface area contributed by atoms with Gasteiger partial charge in [0.2, 0.25) is 5.69 Å². The molecule has 1 heteroatoms. The third kappa shape index (κ3) is 3.38. The summed E-state index contributed by atoms with van der Waals surface area (Å²) in [4.78, 5) is 0. The largest absolute Gasteiger partial charge is 0.212 e. The Hall–Kier alpha value is -1.63. The maximum absolute atomic E-state index is 2.45. The van der Waals surface area contributed by atoms with Gasteiger partial charge in [0.25, 0.3) is 0 Å². The molecule has 0 spiro atoms. The monoisotopic (exact) mass is 336 g/mol. The molecule has 0 N–H and O–H groups in total. The summed E-state index contributed by atoms with van der Waals surface area (Å²) >= 11 is 0. The van der Waals surface area contributed by atoms with Crippen LogP contribution in [0.4, 0.5) is 0 Å². The Balaban J connectivity index is 2.06. The van der Waals surface area contributed by atoms with Crippen molar-refractivity contribution in [2.75, 3.05) is 0 Å². The summed E-state index contributed by atoms with van der Waals surface area (Å²) in [5.74, 6) is 0. The van der Waals surface area contributed by atoms with Crippen molar-refractivity contribution in [2.45, 2.75) is 78.1 Å². The Morgan fingerprint density at radius 2 is 1.60 bits per heavy atom. The molecule has 0 unspecified atom stereocenters. The average Bonchev–Trinajstić information content (AvgIpc) is 2.96. The number of aromatic nitrogens is 1. The van der Waals surface area contributed by atoms with E-state index in [-0.39, 0.29) is 5.41 Å². The van der Waals surface area contributed by atoms with Gasteiger partial charge in [-0.2, -0.15) is 0 Å². The first-order valence-electron chi connectivity index (χ1n) is 9.74. The number of nitrogens with zero attached hydrogens (tertiary/aromatic N) is 1. The molecule has 2 aromatic rings. The standard InChI is InChI=1S/C24H34N/c1-17-14-19(23(3,4)5)10-11-20(17)22-15-18(2)21(16-25(22)7)24(6)12-8-9-13-24/h10-11,14-16H,8-9,12-13H2,1-7H3/q+1. The Bertz CT molecular complexity index is 786. The van der Waals surface area contributed by atoms with Crippen LogP contribution >= 0.6 is 0 Å². The van der Waals surface area contributed by atoms with Gasteiger partial charge in [0.05, 0.1) is 0 Å². The molecule has 0 amide bonds. The predicted molar refractivity (Wildman–Crippen MR) is 107 cm³/mol. The molecular formula is C24H34N+. The highest BCUT2D eigenvalue weighted by Gasteiger charge is 2.34. The number of pyridine rings is 1. The molecule has 1 aromatic carbocycles. The van der Waals surface area contributed by atoms with Crippen molar-refractivity contribution in [3.8, 4) is 11.3 Å². The zero-order valence-corrected chi connectivity index (χ0v) is 17.2. The fourth-order valence-electron chi connectivity index (χ4n) is 4.49. The van der Waals surface area contributed by atoms with E-state index in [1.165, 1.54) is 53.6 Å². The lowest BCUT2D eigenvalue weighted by molar-refractivity contribution is -0.661. The summed E-state index contributed by atoms with van der Waals surface area (Å²) in [6, 6.07) is 9.36. The van der Waals surface area contributed by atoms with Crippen LogP contribution in [0.1, 0.15) is 75.6 Å². The molecular weight excluding hydrogens is 302 g/mol. The minimum atomic E-state index is 0.197. The number of rotatable bonds is 2. The lowest BCUT2D eigenvalue weighted by atomic mass is 9.79. The molecule has 0 bridgehead atoms. The molecule has 0 radical (unpaired) electrons. The molecule has 1 nitrogen and oxygen atoms in total. The van der Waals surface area contributed by atoms with Gasteiger partial charge in [0.1, 0.15) is 7.05 Å². The highest BCUT2D eigenvalue weighted by atomic mass is 14.9. The van der Waals surface area contributed by atoms with E-state index >= 15 is 0 Å². The minimum absolute atomic E-state index is 0.197. The maximum atomic E-state index is 2.45. The molecule has 0 atom stereocenters. The second-order valence-corrected chi connectivity index (χ2v) is 9.41. The van der Waals surface area contributed by atoms with Gasteiger partial charge >= 0.3 is 0 Å². The molecule has 1 aliphatic carbocycles. The van der Waals surface area contributed by atoms with Crippen molar-refractivity contribution < 1.29 is 4.57 Å². The van der Waals surface area contributed by atoms with Crippen LogP contribution in [0.3, 0.4) is 0 Å². The molecule has 1 saturated carbocycles. The van der Waals surface area contributed by atoms with E-state index in [1.54, 1.807) is 5.56 Å². The van der Waals surface area contributed by atoms with Crippen LogP contribution in [0.5, 0.6) is 0 Å². The fraction of sp³-hybridized carbons (Fsp3) is 0.542. The molecule has 1 heterocycles. The lowest BCUT2D eigenvalue weighted by Gasteiger charge is -2.25. The van der Waals surface area contributed by atoms with Gasteiger partial charge in [-0.3, -0.25) is 0 Å². The normalized spacial score (nSPS) is 17.1. The predicted octanol–water partition coefficient (Wildman–Crippen LogP) is 5.92. The molecule has 3 rings (SSSR count). The molecule has 134 valence electrons. The Morgan fingerprint density at radius 1 is 0.960 bits per heavy atom. The van der Waals surface area contributed by atoms with Gasteiger partial charge in [-0.1, -0.05) is 52.7 Å². The molecule has 1 fully saturated rings. The third-order valence-electron chi connectivity index (χ3n) is 6.21. The highest BCUT2D eigenvalue weighted by Crippen LogP contribution is 2.42. The van der Waals surface area contributed by atoms with Gasteiger partial charge in [-0.25, -0.2) is 4.57 Å². The quantitative estimate of drug-likeness (QED) is 0.599. The maximum Gasteiger partial charge on any atom is 0.212 e. The van der Waals surface area contributed by atoms with Crippen LogP contribution in [0.15, 0.2) is 30.5 Å². The van der Waals surface area contributed by atoms with Crippen molar-refractivity contribution in [2.24, 2.45) is 7.05 Å². The van der Waals surface area contributed by atoms with E-state index in [0.717, 1.165) is 0 Å². The van der Waals surface area contributed by atoms with E-state index in [9.17, 15) is 0 Å². The van der Waals surface area contributed by atoms with Crippen molar-refractivity contribution in [3.05, 3.63) is 52.7 Å². The number of aryl methyl sites for hydroxylation is 3. The summed E-state index contributed by atoms with van der Waals surface area (Å²) in [5.41, 5.74) is 8.98. The smallest absolute Gasteiger partial charge is 0.201 e. The van der Waals surface area contributed by atoms with Crippen LogP contribution in [0.2, 0.25) is 0 Å². The first kappa shape index (κ1) is 18.2. The number of benzene rings is 1. The van der Waals surface area contributed by atoms with Gasteiger partial charge in [-0.15, -0.1) is 0 Å². The van der Waals surface area contributed by atoms with Crippen LogP contribution in [-0.2, 0) is 17.9 Å². The summed E-state index contributed by atoms with van der Waals surface area (Å²) in [7, 11) is 2.20. The van der Waals surface area contributed by atoms with E-state index in [2.05, 4.69) is 83.6 Å². The minimum Gasteiger partial charge on any atom is -0.201 e. The van der Waals surface area contributed by atoms with Gasteiger partial charge in [0.15, 0.2) is 6.20 Å². The zero-order chi connectivity index (χ0) is 18.4. The number of hydrogen-bond donors (Lipinski definition) is 0. The van der Waals surface area contributed by atoms with Gasteiger partial charge in [0, 0.05) is 17.2 Å². The van der Waals surface area contributed by atoms with Crippen LogP contribution in [-0.4, -0.2) is 0 Å². The second-order valence-electron chi connectivity index (χ2n) is 9.41. The van der Waals surface area contributed by atoms with Crippen LogP contribution in [0, 0.1) is 13.8 Å². The molecule has 0 saturated heterocycles. The summed E-state index contributed by atoms with van der Waals surface area (Å²) in [6.07, 6.45) is 7.79. The Labute approximate surface area is 154 Å². The first-order valence-corrected chi connectivity index (χ1v) is 9.74. The topological polar surface area (TPSA) is 3.88 Å². The van der Waals surface area contributed by atoms with E-state index in [0.29, 0.717) is 5.41 Å². The van der Waals surface area contributed by atoms with Crippen LogP contribution < -0.4 is 4.57 Å². The first-order chi connectivity index (χ1) is 11.6. The van der Waals surface area contributed by atoms with E-state index < -0.39 is 0 Å². The van der Waals surface area contributed by atoms with Crippen molar-refractivity contribution in [1.29, 1.82) is 0 Å². The van der Waals surface area contributed by atoms with Gasteiger partial charge in [-0.05, 0) is 60.3 Å². The van der Waals surface area contributed by atoms with Crippen LogP contribution in [0.25, 0.3) is 11.3 Å². The van der Waals surface area contributed by atoms with E-state index in [4.69, 9.17) is 0 Å². The lowest BCUT2D eigenvalue weighted by Crippen LogP contribution is -2.34. The Kier molecular flexibility index (Phi) is 4.56. The summed E-state index contributed by atoms with van der Waals surface area (Å²) in [5, 5.41) is 0. The number of hydrogen-bond acceptors (Lipinski definition) is 0. The van der Waals surface area contributed by atoms with Crippen molar-refractivity contribution in [3.63, 3.8) is 0 Å². The Morgan fingerprint density at radius 3 is 2.16 bits per heavy atom.